The predicted molar refractivity (Wildman–Crippen MR) is 128 cm³/mol. The van der Waals surface area contributed by atoms with Crippen molar-refractivity contribution in [3.8, 4) is 0 Å². The molecule has 0 bridgehead atoms. The molecule has 3 saturated carbocycles. The van der Waals surface area contributed by atoms with Gasteiger partial charge >= 0.3 is 0 Å². The number of nitrogens with zero attached hydrogens (tertiary/aromatic N) is 1. The molecule has 34 heavy (non-hydrogen) atoms. The zero-order valence-corrected chi connectivity index (χ0v) is 21.4. The molecule has 1 amide bonds. The number of benzene rings is 1. The zero-order valence-electron chi connectivity index (χ0n) is 20.6. The number of amides is 1. The van der Waals surface area contributed by atoms with Gasteiger partial charge in [0.05, 0.1) is 11.5 Å². The van der Waals surface area contributed by atoms with Crippen LogP contribution in [-0.4, -0.2) is 38.9 Å². The van der Waals surface area contributed by atoms with Gasteiger partial charge in [-0.15, -0.1) is 0 Å². The summed E-state index contributed by atoms with van der Waals surface area (Å²) in [7, 11) is -2.04. The molecule has 2 unspecified atom stereocenters. The Balaban J connectivity index is 1.34. The van der Waals surface area contributed by atoms with Crippen LogP contribution in [0.5, 0.6) is 0 Å². The van der Waals surface area contributed by atoms with Gasteiger partial charge in [-0.05, 0) is 92.7 Å². The molecule has 5 nitrogen and oxygen atoms in total. The molecule has 0 saturated heterocycles. The van der Waals surface area contributed by atoms with Gasteiger partial charge in [0.15, 0.2) is 5.83 Å². The molecule has 0 aromatic heterocycles. The van der Waals surface area contributed by atoms with E-state index in [9.17, 15) is 17.6 Å². The lowest BCUT2D eigenvalue weighted by atomic mass is 9.47. The Bertz CT molecular complexity index is 1120. The van der Waals surface area contributed by atoms with Crippen molar-refractivity contribution in [2.75, 3.05) is 13.7 Å². The van der Waals surface area contributed by atoms with Gasteiger partial charge in [-0.25, -0.2) is 4.39 Å². The van der Waals surface area contributed by atoms with E-state index in [1.165, 1.54) is 0 Å². The molecule has 0 spiro atoms. The Hall–Kier alpha value is -1.73. The van der Waals surface area contributed by atoms with Crippen molar-refractivity contribution in [1.82, 2.24) is 4.90 Å². The molecule has 4 aliphatic rings. The van der Waals surface area contributed by atoms with E-state index in [4.69, 9.17) is 4.18 Å². The van der Waals surface area contributed by atoms with Gasteiger partial charge in [0.25, 0.3) is 16.0 Å². The van der Waals surface area contributed by atoms with Crippen LogP contribution in [0.4, 0.5) is 4.39 Å². The first kappa shape index (κ1) is 24.0. The van der Waals surface area contributed by atoms with E-state index < -0.39 is 21.9 Å². The number of halogens is 1. The molecule has 7 heteroatoms. The molecular weight excluding hydrogens is 453 g/mol. The first-order valence-corrected chi connectivity index (χ1v) is 14.0. The van der Waals surface area contributed by atoms with Gasteiger partial charge in [-0.2, -0.15) is 8.42 Å². The second kappa shape index (κ2) is 8.16. The van der Waals surface area contributed by atoms with Crippen molar-refractivity contribution in [3.63, 3.8) is 0 Å². The summed E-state index contributed by atoms with van der Waals surface area (Å²) in [5.41, 5.74) is 0.681. The minimum atomic E-state index is -3.78. The van der Waals surface area contributed by atoms with E-state index in [1.807, 2.05) is 6.92 Å². The number of hydrogen-bond acceptors (Lipinski definition) is 4. The molecule has 1 heterocycles. The summed E-state index contributed by atoms with van der Waals surface area (Å²) in [6.45, 7) is 6.60. The fourth-order valence-electron chi connectivity index (χ4n) is 8.16. The van der Waals surface area contributed by atoms with E-state index in [0.29, 0.717) is 17.8 Å². The van der Waals surface area contributed by atoms with Crippen molar-refractivity contribution in [3.05, 3.63) is 41.7 Å². The lowest BCUT2D eigenvalue weighted by Crippen LogP contribution is -2.60. The van der Waals surface area contributed by atoms with Crippen molar-refractivity contribution >= 4 is 16.0 Å². The first-order chi connectivity index (χ1) is 16.0. The molecule has 7 atom stereocenters. The SMILES string of the molecule is Cc1ccc(S(=O)(=O)OC[C@H]2CC[C@H]3C4CC[C@H]5N(C)C(=O)C(F)=C[C@]5(C)C4CC[C@]23C)cc1. The summed E-state index contributed by atoms with van der Waals surface area (Å²) in [6.07, 6.45) is 7.51. The van der Waals surface area contributed by atoms with Gasteiger partial charge < -0.3 is 4.90 Å². The highest BCUT2D eigenvalue weighted by atomic mass is 32.2. The predicted octanol–water partition coefficient (Wildman–Crippen LogP) is 5.25. The molecule has 5 rings (SSSR count). The third kappa shape index (κ3) is 3.57. The minimum absolute atomic E-state index is 0.0196. The summed E-state index contributed by atoms with van der Waals surface area (Å²) in [6, 6.07) is 6.83. The van der Waals surface area contributed by atoms with Gasteiger partial charge in [0.2, 0.25) is 0 Å². The van der Waals surface area contributed by atoms with E-state index in [-0.39, 0.29) is 34.3 Å². The zero-order chi connectivity index (χ0) is 24.5. The second-order valence-corrected chi connectivity index (χ2v) is 13.2. The third-order valence-electron chi connectivity index (χ3n) is 10.1. The van der Waals surface area contributed by atoms with Crippen LogP contribution in [0.3, 0.4) is 0 Å². The smallest absolute Gasteiger partial charge is 0.296 e. The van der Waals surface area contributed by atoms with Crippen LogP contribution < -0.4 is 0 Å². The van der Waals surface area contributed by atoms with Gasteiger partial charge in [-0.1, -0.05) is 31.5 Å². The van der Waals surface area contributed by atoms with Crippen LogP contribution in [0.2, 0.25) is 0 Å². The van der Waals surface area contributed by atoms with Gasteiger partial charge in [0.1, 0.15) is 0 Å². The molecule has 0 radical (unpaired) electrons. The summed E-state index contributed by atoms with van der Waals surface area (Å²) < 4.78 is 45.8. The molecule has 3 fully saturated rings. The quantitative estimate of drug-likeness (QED) is 0.542. The standard InChI is InChI=1S/C27H36FNO4S/c1-17-5-8-19(9-6-17)34(31,32)33-16-18-7-11-21-20-10-12-24-27(3,15-23(28)25(30)29(24)4)22(20)13-14-26(18,21)2/h5-6,8-9,15,18,20-22,24H,7,10-14,16H2,1-4H3/t18-,20?,21+,22?,24-,26-,27-/m1/s1. The van der Waals surface area contributed by atoms with Gasteiger partial charge in [0, 0.05) is 18.5 Å². The van der Waals surface area contributed by atoms with E-state index in [1.54, 1.807) is 42.3 Å². The largest absolute Gasteiger partial charge is 0.336 e. The highest BCUT2D eigenvalue weighted by molar-refractivity contribution is 7.86. The first-order valence-electron chi connectivity index (χ1n) is 12.6. The molecule has 186 valence electrons. The van der Waals surface area contributed by atoms with Crippen molar-refractivity contribution in [2.24, 2.45) is 34.5 Å². The maximum Gasteiger partial charge on any atom is 0.296 e. The molecule has 3 aliphatic carbocycles. The molecule has 1 aromatic rings. The van der Waals surface area contributed by atoms with Crippen molar-refractivity contribution in [1.29, 1.82) is 0 Å². The van der Waals surface area contributed by atoms with E-state index in [0.717, 1.165) is 44.1 Å². The summed E-state index contributed by atoms with van der Waals surface area (Å²) in [4.78, 5) is 14.1. The molecular formula is C27H36FNO4S. The summed E-state index contributed by atoms with van der Waals surface area (Å²) in [5.74, 6) is 0.348. The topological polar surface area (TPSA) is 63.7 Å². The van der Waals surface area contributed by atoms with Crippen LogP contribution in [0.1, 0.15) is 57.9 Å². The van der Waals surface area contributed by atoms with Crippen LogP contribution in [0, 0.1) is 41.4 Å². The van der Waals surface area contributed by atoms with E-state index >= 15 is 0 Å². The average Bonchev–Trinajstić information content (AvgIpc) is 3.13. The number of fused-ring (bicyclic) bond motifs is 5. The van der Waals surface area contributed by atoms with Crippen molar-refractivity contribution in [2.45, 2.75) is 70.2 Å². The third-order valence-corrected chi connectivity index (χ3v) is 11.4. The number of rotatable bonds is 4. The lowest BCUT2D eigenvalue weighted by Gasteiger charge is -2.60. The lowest BCUT2D eigenvalue weighted by molar-refractivity contribution is -0.142. The Kier molecular flexibility index (Phi) is 5.75. The van der Waals surface area contributed by atoms with Crippen molar-refractivity contribution < 1.29 is 21.8 Å². The highest BCUT2D eigenvalue weighted by Gasteiger charge is 2.61. The number of carbonyl (C=O) groups is 1. The Morgan fingerprint density at radius 1 is 1.06 bits per heavy atom. The summed E-state index contributed by atoms with van der Waals surface area (Å²) >= 11 is 0. The van der Waals surface area contributed by atoms with Crippen LogP contribution in [0.15, 0.2) is 41.1 Å². The number of likely N-dealkylation sites (N-methyl/N-ethyl adjacent to an activating group) is 1. The second-order valence-electron chi connectivity index (χ2n) is 11.6. The molecule has 1 aromatic carbocycles. The fourth-order valence-corrected chi connectivity index (χ4v) is 9.11. The van der Waals surface area contributed by atoms with E-state index in [2.05, 4.69) is 13.8 Å². The Morgan fingerprint density at radius 2 is 1.76 bits per heavy atom. The number of carbonyl (C=O) groups excluding carboxylic acids is 1. The average molecular weight is 490 g/mol. The minimum Gasteiger partial charge on any atom is -0.336 e. The maximum atomic E-state index is 14.6. The maximum absolute atomic E-state index is 14.6. The Labute approximate surface area is 202 Å². The molecule has 0 N–H and O–H groups in total. The summed E-state index contributed by atoms with van der Waals surface area (Å²) in [5, 5.41) is 0. The van der Waals surface area contributed by atoms with Gasteiger partial charge in [-0.3, -0.25) is 8.98 Å². The molecule has 1 aliphatic heterocycles. The van der Waals surface area contributed by atoms with Crippen LogP contribution >= 0.6 is 0 Å². The normalized spacial score (nSPS) is 39.8. The highest BCUT2D eigenvalue weighted by Crippen LogP contribution is 2.65. The van der Waals surface area contributed by atoms with Crippen LogP contribution in [-0.2, 0) is 19.1 Å². The Morgan fingerprint density at radius 3 is 2.47 bits per heavy atom. The van der Waals surface area contributed by atoms with Crippen LogP contribution in [0.25, 0.3) is 0 Å². The monoisotopic (exact) mass is 489 g/mol. The fraction of sp³-hybridized carbons (Fsp3) is 0.667. The number of hydrogen-bond donors (Lipinski definition) is 0. The number of aryl methyl sites for hydroxylation is 1.